The molecular weight excluding hydrogens is 823 g/mol. The third-order valence-electron chi connectivity index (χ3n) is 14.1. The Morgan fingerprint density at radius 1 is 0.206 bits per heavy atom. The van der Waals surface area contributed by atoms with E-state index in [-0.39, 0.29) is 0 Å². The molecule has 14 aromatic rings. The fourth-order valence-corrected chi connectivity index (χ4v) is 10.9. The van der Waals surface area contributed by atoms with Crippen LogP contribution < -0.4 is 0 Å². The summed E-state index contributed by atoms with van der Waals surface area (Å²) in [5.41, 5.74) is 15.7. The molecule has 0 fully saturated rings. The van der Waals surface area contributed by atoms with Gasteiger partial charge in [0.05, 0.1) is 33.5 Å². The van der Waals surface area contributed by atoms with Gasteiger partial charge in [-0.2, -0.15) is 0 Å². The van der Waals surface area contributed by atoms with Gasteiger partial charge < -0.3 is 9.13 Å². The maximum Gasteiger partial charge on any atom is 0.0716 e. The summed E-state index contributed by atoms with van der Waals surface area (Å²) in [4.78, 5) is 5.29. The highest BCUT2D eigenvalue weighted by Gasteiger charge is 2.18. The van der Waals surface area contributed by atoms with Crippen molar-refractivity contribution >= 4 is 75.9 Å². The van der Waals surface area contributed by atoms with Crippen molar-refractivity contribution in [1.29, 1.82) is 0 Å². The standard InChI is InChI=1S/C65H41N3/c1-3-16-42(17-4-1)47-38-60(43-18-5-2-6-19-43)66-61(39-47)46-20-15-21-48(36-46)68-62-28-13-11-26-55(62)57-33-30-45(40-65(57)68)44-31-35-64-59(37-44)56-27-12-14-29-63(56)67(64)49-32-34-54-52-24-8-7-22-50(52)51-23-9-10-25-53(51)58(54)41-49/h1-41H. The predicted octanol–water partition coefficient (Wildman–Crippen LogP) is 17.4. The first kappa shape index (κ1) is 38.2. The van der Waals surface area contributed by atoms with Crippen LogP contribution in [-0.4, -0.2) is 14.1 Å². The van der Waals surface area contributed by atoms with Crippen molar-refractivity contribution in [3.63, 3.8) is 0 Å². The highest BCUT2D eigenvalue weighted by Crippen LogP contribution is 2.41. The molecule has 0 N–H and O–H groups in total. The van der Waals surface area contributed by atoms with E-state index in [1.807, 2.05) is 0 Å². The minimum absolute atomic E-state index is 0.937. The van der Waals surface area contributed by atoms with Gasteiger partial charge in [-0.3, -0.25) is 0 Å². The maximum absolute atomic E-state index is 5.29. The first-order valence-corrected chi connectivity index (χ1v) is 23.4. The number of pyridine rings is 1. The SMILES string of the molecule is c1ccc(-c2cc(-c3ccccc3)nc(-c3cccc(-n4c5ccccc5c5ccc(-c6ccc7c(c6)c6ccccc6n7-c6ccc7c8ccccc8c8ccccc8c7c6)cc54)c3)c2)cc1. The molecule has 0 aliphatic carbocycles. The number of hydrogen-bond donors (Lipinski definition) is 0. The first-order valence-electron chi connectivity index (χ1n) is 23.4. The molecule has 3 heterocycles. The fraction of sp³-hybridized carbons (Fsp3) is 0. The Kier molecular flexibility index (Phi) is 8.59. The lowest BCUT2D eigenvalue weighted by Crippen LogP contribution is -1.96. The third-order valence-corrected chi connectivity index (χ3v) is 14.1. The van der Waals surface area contributed by atoms with Crippen LogP contribution >= 0.6 is 0 Å². The third kappa shape index (κ3) is 6.03. The van der Waals surface area contributed by atoms with Crippen molar-refractivity contribution in [2.24, 2.45) is 0 Å². The van der Waals surface area contributed by atoms with Gasteiger partial charge in [0.2, 0.25) is 0 Å². The number of rotatable bonds is 6. The highest BCUT2D eigenvalue weighted by atomic mass is 15.0. The molecule has 14 rings (SSSR count). The molecule has 0 saturated carbocycles. The van der Waals surface area contributed by atoms with Gasteiger partial charge in [0.15, 0.2) is 0 Å². The van der Waals surface area contributed by atoms with E-state index >= 15 is 0 Å². The Morgan fingerprint density at radius 2 is 0.662 bits per heavy atom. The van der Waals surface area contributed by atoms with E-state index in [1.165, 1.54) is 87.1 Å². The molecule has 0 aliphatic heterocycles. The Balaban J connectivity index is 0.915. The first-order chi connectivity index (χ1) is 33.7. The van der Waals surface area contributed by atoms with E-state index in [1.54, 1.807) is 0 Å². The topological polar surface area (TPSA) is 22.8 Å². The van der Waals surface area contributed by atoms with Crippen LogP contribution in [0.5, 0.6) is 0 Å². The van der Waals surface area contributed by atoms with Gasteiger partial charge in [-0.1, -0.05) is 182 Å². The van der Waals surface area contributed by atoms with Crippen LogP contribution in [0.4, 0.5) is 0 Å². The van der Waals surface area contributed by atoms with E-state index in [2.05, 4.69) is 258 Å². The van der Waals surface area contributed by atoms with E-state index < -0.39 is 0 Å². The van der Waals surface area contributed by atoms with Crippen molar-refractivity contribution in [1.82, 2.24) is 14.1 Å². The van der Waals surface area contributed by atoms with Gasteiger partial charge in [-0.25, -0.2) is 4.98 Å². The Labute approximate surface area is 393 Å². The second-order valence-corrected chi connectivity index (χ2v) is 17.9. The highest BCUT2D eigenvalue weighted by molar-refractivity contribution is 6.25. The number of benzene rings is 11. The van der Waals surface area contributed by atoms with Gasteiger partial charge in [0, 0.05) is 44.0 Å². The number of fused-ring (bicyclic) bond motifs is 12. The summed E-state index contributed by atoms with van der Waals surface area (Å²) in [6.07, 6.45) is 0. The summed E-state index contributed by atoms with van der Waals surface area (Å²) < 4.78 is 4.87. The van der Waals surface area contributed by atoms with Crippen LogP contribution in [0.3, 0.4) is 0 Å². The van der Waals surface area contributed by atoms with Gasteiger partial charge in [0.25, 0.3) is 0 Å². The van der Waals surface area contributed by atoms with Crippen LogP contribution in [-0.2, 0) is 0 Å². The monoisotopic (exact) mass is 863 g/mol. The molecule has 0 radical (unpaired) electrons. The number of nitrogens with zero attached hydrogens (tertiary/aromatic N) is 3. The molecule has 3 aromatic heterocycles. The summed E-state index contributed by atoms with van der Waals surface area (Å²) in [6.45, 7) is 0. The van der Waals surface area contributed by atoms with E-state index in [0.717, 1.165) is 45.0 Å². The lowest BCUT2D eigenvalue weighted by molar-refractivity contribution is 1.18. The largest absolute Gasteiger partial charge is 0.309 e. The van der Waals surface area contributed by atoms with Gasteiger partial charge in [0.1, 0.15) is 0 Å². The second-order valence-electron chi connectivity index (χ2n) is 17.9. The van der Waals surface area contributed by atoms with Crippen LogP contribution in [0.2, 0.25) is 0 Å². The minimum atomic E-state index is 0.937. The quantitative estimate of drug-likeness (QED) is 0.153. The zero-order valence-corrected chi connectivity index (χ0v) is 37.0. The van der Waals surface area contributed by atoms with E-state index in [9.17, 15) is 0 Å². The summed E-state index contributed by atoms with van der Waals surface area (Å²) in [5.74, 6) is 0. The van der Waals surface area contributed by atoms with Crippen LogP contribution in [0.15, 0.2) is 249 Å². The Hall–Kier alpha value is -9.05. The van der Waals surface area contributed by atoms with Crippen molar-refractivity contribution in [2.45, 2.75) is 0 Å². The molecule has 0 aliphatic rings. The molecule has 3 nitrogen and oxygen atoms in total. The molecule has 11 aromatic carbocycles. The fourth-order valence-electron chi connectivity index (χ4n) is 10.9. The molecule has 0 saturated heterocycles. The van der Waals surface area contributed by atoms with Crippen molar-refractivity contribution in [3.8, 4) is 56.1 Å². The lowest BCUT2D eigenvalue weighted by atomic mass is 9.94. The molecule has 0 spiro atoms. The smallest absolute Gasteiger partial charge is 0.0716 e. The van der Waals surface area contributed by atoms with Gasteiger partial charge in [-0.05, 0) is 121 Å². The number of aromatic nitrogens is 3. The predicted molar refractivity (Wildman–Crippen MR) is 287 cm³/mol. The average Bonchev–Trinajstić information content (AvgIpc) is 3.93. The molecule has 0 unspecified atom stereocenters. The van der Waals surface area contributed by atoms with Crippen LogP contribution in [0.1, 0.15) is 0 Å². The van der Waals surface area contributed by atoms with Crippen molar-refractivity contribution in [3.05, 3.63) is 249 Å². The van der Waals surface area contributed by atoms with Gasteiger partial charge in [-0.15, -0.1) is 0 Å². The molecule has 0 amide bonds. The van der Waals surface area contributed by atoms with Crippen molar-refractivity contribution < 1.29 is 0 Å². The Bertz CT molecular complexity index is 4220. The molecule has 0 bridgehead atoms. The maximum atomic E-state index is 5.29. The number of para-hydroxylation sites is 2. The molecule has 316 valence electrons. The van der Waals surface area contributed by atoms with Crippen molar-refractivity contribution in [2.75, 3.05) is 0 Å². The summed E-state index contributed by atoms with van der Waals surface area (Å²) in [6, 6.07) is 90.6. The minimum Gasteiger partial charge on any atom is -0.309 e. The molecular formula is C65H41N3. The Morgan fingerprint density at radius 3 is 1.35 bits per heavy atom. The lowest BCUT2D eigenvalue weighted by Gasteiger charge is -2.14. The zero-order valence-electron chi connectivity index (χ0n) is 37.0. The average molecular weight is 864 g/mol. The normalized spacial score (nSPS) is 11.8. The van der Waals surface area contributed by atoms with E-state index in [0.29, 0.717) is 0 Å². The molecule has 0 atom stereocenters. The second kappa shape index (κ2) is 15.3. The zero-order chi connectivity index (χ0) is 44.7. The summed E-state index contributed by atoms with van der Waals surface area (Å²) in [5, 5.41) is 12.6. The molecule has 68 heavy (non-hydrogen) atoms. The van der Waals surface area contributed by atoms with Gasteiger partial charge >= 0.3 is 0 Å². The summed E-state index contributed by atoms with van der Waals surface area (Å²) in [7, 11) is 0. The van der Waals surface area contributed by atoms with Crippen LogP contribution in [0, 0.1) is 0 Å². The molecule has 3 heteroatoms. The van der Waals surface area contributed by atoms with E-state index in [4.69, 9.17) is 4.98 Å². The number of hydrogen-bond acceptors (Lipinski definition) is 1. The summed E-state index contributed by atoms with van der Waals surface area (Å²) >= 11 is 0. The van der Waals surface area contributed by atoms with Crippen LogP contribution in [0.25, 0.3) is 132 Å².